The lowest BCUT2D eigenvalue weighted by atomic mass is 10.1. The minimum atomic E-state index is -5.16. The molecule has 0 aliphatic rings. The summed E-state index contributed by atoms with van der Waals surface area (Å²) in [5.41, 5.74) is -1.23. The summed E-state index contributed by atoms with van der Waals surface area (Å²) in [7, 11) is 2.08. The number of nitrogens with zero attached hydrogens (tertiary/aromatic N) is 2. The number of carbonyl (C=O) groups is 1. The van der Waals surface area contributed by atoms with Gasteiger partial charge in [-0.2, -0.15) is 0 Å². The number of aromatic nitrogens is 1. The number of alkyl halides is 3. The van der Waals surface area contributed by atoms with Crippen LogP contribution in [-0.4, -0.2) is 36.5 Å². The van der Waals surface area contributed by atoms with Crippen LogP contribution in [0.5, 0.6) is 11.6 Å². The van der Waals surface area contributed by atoms with E-state index in [-0.39, 0.29) is 5.56 Å². The van der Waals surface area contributed by atoms with Gasteiger partial charge in [-0.3, -0.25) is 14.9 Å². The highest BCUT2D eigenvalue weighted by Gasteiger charge is 2.38. The number of pyridine rings is 1. The fourth-order valence-corrected chi connectivity index (χ4v) is 1.43. The summed E-state index contributed by atoms with van der Waals surface area (Å²) >= 11 is 0. The highest BCUT2D eigenvalue weighted by atomic mass is 19.4. The van der Waals surface area contributed by atoms with E-state index in [2.05, 4.69) is 14.5 Å². The van der Waals surface area contributed by atoms with Crippen LogP contribution in [0.4, 0.5) is 18.9 Å². The average Bonchev–Trinajstić information content (AvgIpc) is 2.37. The molecular weight excluding hydrogens is 301 g/mol. The van der Waals surface area contributed by atoms with Gasteiger partial charge in [-0.25, -0.2) is 4.98 Å². The molecule has 1 heterocycles. The van der Waals surface area contributed by atoms with E-state index in [1.54, 1.807) is 0 Å². The number of rotatable bonds is 5. The predicted octanol–water partition coefficient (Wildman–Crippen LogP) is 1.61. The van der Waals surface area contributed by atoms with Gasteiger partial charge < -0.3 is 14.2 Å². The van der Waals surface area contributed by atoms with Crippen molar-refractivity contribution >= 4 is 11.7 Å². The third-order valence-corrected chi connectivity index (χ3v) is 2.21. The van der Waals surface area contributed by atoms with Gasteiger partial charge in [-0.05, 0) is 0 Å². The molecule has 1 rings (SSSR count). The van der Waals surface area contributed by atoms with Crippen LogP contribution in [0.25, 0.3) is 0 Å². The molecule has 0 radical (unpaired) electrons. The first-order chi connectivity index (χ1) is 9.69. The van der Waals surface area contributed by atoms with Crippen LogP contribution >= 0.6 is 0 Å². The zero-order chi connectivity index (χ0) is 16.2. The normalized spacial score (nSPS) is 10.9. The van der Waals surface area contributed by atoms with Crippen LogP contribution in [0.1, 0.15) is 5.56 Å². The summed E-state index contributed by atoms with van der Waals surface area (Å²) in [5.74, 6) is -2.61. The van der Waals surface area contributed by atoms with Gasteiger partial charge in [0.25, 0.3) is 0 Å². The van der Waals surface area contributed by atoms with Crippen molar-refractivity contribution in [3.63, 3.8) is 0 Å². The average molecular weight is 310 g/mol. The molecule has 0 aliphatic carbocycles. The topological polar surface area (TPSA) is 101 Å². The molecule has 0 spiro atoms. The maximum absolute atomic E-state index is 12.2. The predicted molar refractivity (Wildman–Crippen MR) is 59.8 cm³/mol. The first kappa shape index (κ1) is 16.5. The molecule has 0 amide bonds. The molecule has 0 bridgehead atoms. The maximum atomic E-state index is 12.2. The smallest absolute Gasteiger partial charge is 0.490 e. The SMILES string of the molecule is COC(=O)Cc1cnc(OC(F)(F)F)c([N+](=O)[O-])c1OC. The Hall–Kier alpha value is -2.59. The lowest BCUT2D eigenvalue weighted by Gasteiger charge is -2.12. The van der Waals surface area contributed by atoms with Crippen molar-refractivity contribution in [3.8, 4) is 11.6 Å². The lowest BCUT2D eigenvalue weighted by Crippen LogP contribution is -2.19. The Morgan fingerprint density at radius 3 is 2.48 bits per heavy atom. The van der Waals surface area contributed by atoms with E-state index in [0.29, 0.717) is 0 Å². The minimum Gasteiger partial charge on any atom is -0.490 e. The van der Waals surface area contributed by atoms with Crippen molar-refractivity contribution in [2.75, 3.05) is 14.2 Å². The Balaban J connectivity index is 3.37. The number of carbonyl (C=O) groups excluding carboxylic acids is 1. The van der Waals surface area contributed by atoms with Gasteiger partial charge in [0.2, 0.25) is 5.75 Å². The first-order valence-corrected chi connectivity index (χ1v) is 5.22. The standard InChI is InChI=1S/C10H9F3N2O6/c1-19-6(16)3-5-4-14-9(21-10(11,12)13)7(15(17)18)8(5)20-2/h4H,3H2,1-2H3. The molecule has 8 nitrogen and oxygen atoms in total. The molecule has 21 heavy (non-hydrogen) atoms. The summed E-state index contributed by atoms with van der Waals surface area (Å²) in [5, 5.41) is 10.9. The van der Waals surface area contributed by atoms with E-state index >= 15 is 0 Å². The number of ether oxygens (including phenoxy) is 3. The molecule has 116 valence electrons. The maximum Gasteiger partial charge on any atom is 0.574 e. The van der Waals surface area contributed by atoms with Gasteiger partial charge in [0.15, 0.2) is 0 Å². The van der Waals surface area contributed by atoms with Crippen molar-refractivity contribution in [1.82, 2.24) is 4.98 Å². The Morgan fingerprint density at radius 1 is 1.43 bits per heavy atom. The summed E-state index contributed by atoms with van der Waals surface area (Å²) < 4.78 is 49.1. The van der Waals surface area contributed by atoms with Gasteiger partial charge in [-0.1, -0.05) is 0 Å². The minimum absolute atomic E-state index is 0.106. The van der Waals surface area contributed by atoms with E-state index in [9.17, 15) is 28.1 Å². The van der Waals surface area contributed by atoms with Crippen molar-refractivity contribution in [3.05, 3.63) is 21.9 Å². The number of hydrogen-bond acceptors (Lipinski definition) is 7. The quantitative estimate of drug-likeness (QED) is 0.462. The second-order valence-electron chi connectivity index (χ2n) is 3.53. The van der Waals surface area contributed by atoms with Crippen LogP contribution in [0.15, 0.2) is 6.20 Å². The molecule has 1 aromatic heterocycles. The van der Waals surface area contributed by atoms with Gasteiger partial charge in [0.05, 0.1) is 25.6 Å². The number of halogens is 3. The van der Waals surface area contributed by atoms with E-state index in [1.165, 1.54) is 0 Å². The highest BCUT2D eigenvalue weighted by molar-refractivity contribution is 5.74. The fraction of sp³-hybridized carbons (Fsp3) is 0.400. The number of esters is 1. The van der Waals surface area contributed by atoms with Crippen LogP contribution in [0.3, 0.4) is 0 Å². The zero-order valence-electron chi connectivity index (χ0n) is 10.8. The zero-order valence-corrected chi connectivity index (χ0v) is 10.8. The second kappa shape index (κ2) is 6.24. The number of methoxy groups -OCH3 is 2. The molecular formula is C10H9F3N2O6. The Labute approximate surface area is 115 Å². The molecule has 0 saturated carbocycles. The molecule has 0 unspecified atom stereocenters. The monoisotopic (exact) mass is 310 g/mol. The molecule has 1 aromatic rings. The number of nitro groups is 1. The molecule has 0 N–H and O–H groups in total. The molecule has 0 saturated heterocycles. The van der Waals surface area contributed by atoms with Gasteiger partial charge in [-0.15, -0.1) is 13.2 Å². The lowest BCUT2D eigenvalue weighted by molar-refractivity contribution is -0.390. The summed E-state index contributed by atoms with van der Waals surface area (Å²) in [6, 6.07) is 0. The van der Waals surface area contributed by atoms with Gasteiger partial charge >= 0.3 is 23.9 Å². The molecule has 0 aliphatic heterocycles. The van der Waals surface area contributed by atoms with E-state index in [4.69, 9.17) is 4.74 Å². The first-order valence-electron chi connectivity index (χ1n) is 5.22. The number of hydrogen-bond donors (Lipinski definition) is 0. The Bertz CT molecular complexity index is 560. The third kappa shape index (κ3) is 4.19. The highest BCUT2D eigenvalue weighted by Crippen LogP contribution is 2.39. The fourth-order valence-electron chi connectivity index (χ4n) is 1.43. The largest absolute Gasteiger partial charge is 0.574 e. The van der Waals surface area contributed by atoms with E-state index in [1.807, 2.05) is 0 Å². The Kier molecular flexibility index (Phi) is 4.89. The summed E-state index contributed by atoms with van der Waals surface area (Å²) in [4.78, 5) is 24.1. The second-order valence-corrected chi connectivity index (χ2v) is 3.53. The van der Waals surface area contributed by atoms with Crippen molar-refractivity contribution in [2.24, 2.45) is 0 Å². The van der Waals surface area contributed by atoms with Crippen molar-refractivity contribution in [1.29, 1.82) is 0 Å². The molecule has 0 fully saturated rings. The summed E-state index contributed by atoms with van der Waals surface area (Å²) in [6.45, 7) is 0. The van der Waals surface area contributed by atoms with Crippen LogP contribution < -0.4 is 9.47 Å². The van der Waals surface area contributed by atoms with Crippen LogP contribution in [-0.2, 0) is 16.0 Å². The van der Waals surface area contributed by atoms with E-state index in [0.717, 1.165) is 20.4 Å². The van der Waals surface area contributed by atoms with Gasteiger partial charge in [0.1, 0.15) is 0 Å². The Morgan fingerprint density at radius 2 is 2.05 bits per heavy atom. The van der Waals surface area contributed by atoms with Crippen LogP contribution in [0, 0.1) is 10.1 Å². The summed E-state index contributed by atoms with van der Waals surface area (Å²) in [6.07, 6.45) is -4.81. The van der Waals surface area contributed by atoms with Crippen molar-refractivity contribution in [2.45, 2.75) is 12.8 Å². The van der Waals surface area contributed by atoms with Crippen molar-refractivity contribution < 1.29 is 37.1 Å². The molecule has 11 heteroatoms. The van der Waals surface area contributed by atoms with Crippen LogP contribution in [0.2, 0.25) is 0 Å². The van der Waals surface area contributed by atoms with Gasteiger partial charge in [0, 0.05) is 11.8 Å². The third-order valence-electron chi connectivity index (χ3n) is 2.21. The van der Waals surface area contributed by atoms with E-state index < -0.39 is 41.0 Å². The molecule has 0 aromatic carbocycles. The molecule has 0 atom stereocenters.